The first-order chi connectivity index (χ1) is 6.91. The van der Waals surface area contributed by atoms with E-state index in [9.17, 15) is 8.42 Å². The lowest BCUT2D eigenvalue weighted by molar-refractivity contribution is 0.390. The third-order valence-electron chi connectivity index (χ3n) is 2.38. The van der Waals surface area contributed by atoms with E-state index >= 15 is 0 Å². The molecule has 16 heavy (non-hydrogen) atoms. The molecule has 0 aromatic carbocycles. The molecule has 0 fully saturated rings. The average Bonchev–Trinajstić information content (AvgIpc) is 2.62. The zero-order valence-corrected chi connectivity index (χ0v) is 11.1. The van der Waals surface area contributed by atoms with Crippen molar-refractivity contribution in [3.63, 3.8) is 0 Å². The Bertz CT molecular complexity index is 431. The lowest BCUT2D eigenvalue weighted by Gasteiger charge is -2.22. The highest BCUT2D eigenvalue weighted by atomic mass is 35.5. The van der Waals surface area contributed by atoms with Crippen molar-refractivity contribution in [3.05, 3.63) is 12.3 Å². The molecule has 0 aliphatic heterocycles. The SMILES string of the molecule is CC(CN)N(C)S(=O)(=O)c1ccnn1C.Cl. The number of nitrogens with zero attached hydrogens (tertiary/aromatic N) is 3. The molecule has 1 aromatic heterocycles. The van der Waals surface area contributed by atoms with Crippen LogP contribution in [0.15, 0.2) is 17.3 Å². The molecule has 1 rings (SSSR count). The largest absolute Gasteiger partial charge is 0.329 e. The van der Waals surface area contributed by atoms with Gasteiger partial charge in [0, 0.05) is 26.7 Å². The van der Waals surface area contributed by atoms with Crippen LogP contribution in [0.4, 0.5) is 0 Å². The fraction of sp³-hybridized carbons (Fsp3) is 0.625. The van der Waals surface area contributed by atoms with Crippen molar-refractivity contribution >= 4 is 22.4 Å². The summed E-state index contributed by atoms with van der Waals surface area (Å²) in [5.41, 5.74) is 5.43. The van der Waals surface area contributed by atoms with Gasteiger partial charge < -0.3 is 5.73 Å². The van der Waals surface area contributed by atoms with Crippen molar-refractivity contribution in [2.45, 2.75) is 18.0 Å². The van der Waals surface area contributed by atoms with Crippen LogP contribution in [0.3, 0.4) is 0 Å². The van der Waals surface area contributed by atoms with E-state index in [0.717, 1.165) is 0 Å². The highest BCUT2D eigenvalue weighted by Gasteiger charge is 2.26. The molecule has 0 saturated heterocycles. The number of nitrogens with two attached hydrogens (primary N) is 1. The van der Waals surface area contributed by atoms with E-state index in [1.54, 1.807) is 14.0 Å². The molecule has 1 heterocycles. The minimum atomic E-state index is -3.48. The van der Waals surface area contributed by atoms with Gasteiger partial charge in [0.2, 0.25) is 0 Å². The fourth-order valence-corrected chi connectivity index (χ4v) is 2.62. The number of hydrogen-bond donors (Lipinski definition) is 1. The van der Waals surface area contributed by atoms with Gasteiger partial charge in [-0.15, -0.1) is 12.4 Å². The predicted octanol–water partition coefficient (Wildman–Crippen LogP) is -0.190. The molecule has 1 unspecified atom stereocenters. The van der Waals surface area contributed by atoms with Gasteiger partial charge in [0.15, 0.2) is 5.03 Å². The van der Waals surface area contributed by atoms with Gasteiger partial charge in [0.1, 0.15) is 0 Å². The van der Waals surface area contributed by atoms with Crippen molar-refractivity contribution in [2.24, 2.45) is 12.8 Å². The predicted molar refractivity (Wildman–Crippen MR) is 63.9 cm³/mol. The van der Waals surface area contributed by atoms with E-state index < -0.39 is 10.0 Å². The van der Waals surface area contributed by atoms with Gasteiger partial charge in [0.05, 0.1) is 6.20 Å². The number of aryl methyl sites for hydroxylation is 1. The van der Waals surface area contributed by atoms with Crippen LogP contribution < -0.4 is 5.73 Å². The van der Waals surface area contributed by atoms with E-state index in [1.807, 2.05) is 0 Å². The summed E-state index contributed by atoms with van der Waals surface area (Å²) < 4.78 is 26.6. The second kappa shape index (κ2) is 5.62. The summed E-state index contributed by atoms with van der Waals surface area (Å²) in [6, 6.07) is 1.24. The lowest BCUT2D eigenvalue weighted by Crippen LogP contribution is -2.40. The molecule has 0 saturated carbocycles. The highest BCUT2D eigenvalue weighted by Crippen LogP contribution is 2.14. The van der Waals surface area contributed by atoms with Crippen molar-refractivity contribution in [1.29, 1.82) is 0 Å². The molecule has 0 radical (unpaired) electrons. The Labute approximate surface area is 102 Å². The minimum Gasteiger partial charge on any atom is -0.329 e. The smallest absolute Gasteiger partial charge is 0.260 e. The van der Waals surface area contributed by atoms with E-state index in [2.05, 4.69) is 5.10 Å². The number of sulfonamides is 1. The molecule has 0 amide bonds. The van der Waals surface area contributed by atoms with Crippen LogP contribution >= 0.6 is 12.4 Å². The van der Waals surface area contributed by atoms with E-state index in [-0.39, 0.29) is 30.0 Å². The summed E-state index contributed by atoms with van der Waals surface area (Å²) in [7, 11) is -0.379. The number of halogens is 1. The minimum absolute atomic E-state index is 0. The van der Waals surface area contributed by atoms with Crippen LogP contribution in [0.5, 0.6) is 0 Å². The van der Waals surface area contributed by atoms with Crippen molar-refractivity contribution in [2.75, 3.05) is 13.6 Å². The average molecular weight is 269 g/mol. The Morgan fingerprint density at radius 1 is 1.62 bits per heavy atom. The summed E-state index contributed by atoms with van der Waals surface area (Å²) in [5.74, 6) is 0. The summed E-state index contributed by atoms with van der Waals surface area (Å²) in [6.45, 7) is 2.04. The van der Waals surface area contributed by atoms with E-state index in [4.69, 9.17) is 5.73 Å². The van der Waals surface area contributed by atoms with Gasteiger partial charge in [-0.3, -0.25) is 4.68 Å². The monoisotopic (exact) mass is 268 g/mol. The Morgan fingerprint density at radius 3 is 2.56 bits per heavy atom. The first-order valence-electron chi connectivity index (χ1n) is 4.57. The number of likely N-dealkylation sites (N-methyl/N-ethyl adjacent to an activating group) is 1. The standard InChI is InChI=1S/C8H16N4O2S.ClH/c1-7(6-9)12(3)15(13,14)8-4-5-10-11(8)2;/h4-5,7H,6,9H2,1-3H3;1H. The highest BCUT2D eigenvalue weighted by molar-refractivity contribution is 7.89. The van der Waals surface area contributed by atoms with Crippen LogP contribution in [0.1, 0.15) is 6.92 Å². The van der Waals surface area contributed by atoms with Crippen LogP contribution in [0, 0.1) is 0 Å². The molecule has 94 valence electrons. The second-order valence-electron chi connectivity index (χ2n) is 3.40. The van der Waals surface area contributed by atoms with Crippen molar-refractivity contribution in [1.82, 2.24) is 14.1 Å². The van der Waals surface area contributed by atoms with Crippen molar-refractivity contribution < 1.29 is 8.42 Å². The molecule has 0 aliphatic rings. The molecule has 1 atom stereocenters. The van der Waals surface area contributed by atoms with Crippen LogP contribution in [-0.4, -0.2) is 42.1 Å². The summed E-state index contributed by atoms with van der Waals surface area (Å²) in [6.07, 6.45) is 1.45. The summed E-state index contributed by atoms with van der Waals surface area (Å²) >= 11 is 0. The Balaban J connectivity index is 0.00000225. The molecule has 0 bridgehead atoms. The maximum atomic E-state index is 12.0. The number of rotatable bonds is 4. The van der Waals surface area contributed by atoms with Gasteiger partial charge in [0.25, 0.3) is 10.0 Å². The van der Waals surface area contributed by atoms with Gasteiger partial charge in [-0.2, -0.15) is 9.40 Å². The zero-order chi connectivity index (χ0) is 11.6. The normalized spacial score (nSPS) is 13.6. The topological polar surface area (TPSA) is 81.2 Å². The Kier molecular flexibility index (Phi) is 5.40. The lowest BCUT2D eigenvalue weighted by atomic mass is 10.4. The zero-order valence-electron chi connectivity index (χ0n) is 9.49. The van der Waals surface area contributed by atoms with Gasteiger partial charge >= 0.3 is 0 Å². The van der Waals surface area contributed by atoms with Crippen LogP contribution in [-0.2, 0) is 17.1 Å². The molecular formula is C8H17ClN4O2S. The first-order valence-corrected chi connectivity index (χ1v) is 6.01. The molecule has 8 heteroatoms. The Morgan fingerprint density at radius 2 is 2.19 bits per heavy atom. The Hall–Kier alpha value is -0.630. The molecule has 1 aromatic rings. The fourth-order valence-electron chi connectivity index (χ4n) is 1.15. The summed E-state index contributed by atoms with van der Waals surface area (Å²) in [4.78, 5) is 0. The quantitative estimate of drug-likeness (QED) is 0.821. The maximum Gasteiger partial charge on any atom is 0.260 e. The second-order valence-corrected chi connectivity index (χ2v) is 5.34. The van der Waals surface area contributed by atoms with Gasteiger partial charge in [-0.25, -0.2) is 8.42 Å². The van der Waals surface area contributed by atoms with Crippen LogP contribution in [0.25, 0.3) is 0 Å². The number of aromatic nitrogens is 2. The number of hydrogen-bond acceptors (Lipinski definition) is 4. The third kappa shape index (κ3) is 2.73. The molecule has 0 aliphatic carbocycles. The van der Waals surface area contributed by atoms with Gasteiger partial charge in [-0.1, -0.05) is 0 Å². The van der Waals surface area contributed by atoms with Crippen LogP contribution in [0.2, 0.25) is 0 Å². The van der Waals surface area contributed by atoms with E-state index in [0.29, 0.717) is 0 Å². The third-order valence-corrected chi connectivity index (χ3v) is 4.43. The molecule has 6 nitrogen and oxygen atoms in total. The molecule has 0 spiro atoms. The maximum absolute atomic E-state index is 12.0. The molecular weight excluding hydrogens is 252 g/mol. The van der Waals surface area contributed by atoms with Gasteiger partial charge in [-0.05, 0) is 13.0 Å². The molecule has 2 N–H and O–H groups in total. The summed E-state index contributed by atoms with van der Waals surface area (Å²) in [5, 5.41) is 4.00. The first kappa shape index (κ1) is 15.4. The van der Waals surface area contributed by atoms with Crippen molar-refractivity contribution in [3.8, 4) is 0 Å². The van der Waals surface area contributed by atoms with E-state index in [1.165, 1.54) is 28.3 Å².